The summed E-state index contributed by atoms with van der Waals surface area (Å²) in [5, 5.41) is 0. The molecule has 15 heavy (non-hydrogen) atoms. The van der Waals surface area contributed by atoms with Crippen molar-refractivity contribution in [1.82, 2.24) is 0 Å². The number of thioether (sulfide) groups is 1. The van der Waals surface area contributed by atoms with E-state index in [1.807, 2.05) is 0 Å². The molecule has 0 aromatic rings. The summed E-state index contributed by atoms with van der Waals surface area (Å²) >= 11 is 2.11. The second-order valence-corrected chi connectivity index (χ2v) is 8.05. The Morgan fingerprint density at radius 3 is 2.20 bits per heavy atom. The summed E-state index contributed by atoms with van der Waals surface area (Å²) in [4.78, 5) is 0. The number of rotatable bonds is 4. The van der Waals surface area contributed by atoms with Crippen LogP contribution < -0.4 is 5.73 Å². The molecule has 2 heteroatoms. The first-order valence-electron chi connectivity index (χ1n) is 6.13. The summed E-state index contributed by atoms with van der Waals surface area (Å²) in [5.41, 5.74) is 6.41. The lowest BCUT2D eigenvalue weighted by Gasteiger charge is -2.52. The molecular weight excluding hydrogens is 202 g/mol. The van der Waals surface area contributed by atoms with Gasteiger partial charge in [-0.15, -0.1) is 0 Å². The SMILES string of the molecule is CC(C)CSC1(CN)CC(C(C)(C)C)C1. The number of hydrogen-bond acceptors (Lipinski definition) is 2. The van der Waals surface area contributed by atoms with Crippen LogP contribution in [0.1, 0.15) is 47.5 Å². The minimum Gasteiger partial charge on any atom is -0.329 e. The lowest BCUT2D eigenvalue weighted by atomic mass is 9.62. The Bertz CT molecular complexity index is 199. The Labute approximate surface area is 99.6 Å². The zero-order valence-corrected chi connectivity index (χ0v) is 11.8. The Kier molecular flexibility index (Phi) is 4.16. The molecule has 0 spiro atoms. The largest absolute Gasteiger partial charge is 0.329 e. The molecule has 0 amide bonds. The maximum atomic E-state index is 5.94. The molecule has 0 aliphatic heterocycles. The second-order valence-electron chi connectivity index (χ2n) is 6.56. The van der Waals surface area contributed by atoms with E-state index in [0.717, 1.165) is 18.4 Å². The Morgan fingerprint density at radius 2 is 1.87 bits per heavy atom. The van der Waals surface area contributed by atoms with Crippen molar-refractivity contribution in [2.24, 2.45) is 23.0 Å². The van der Waals surface area contributed by atoms with Crippen molar-refractivity contribution in [3.05, 3.63) is 0 Å². The first kappa shape index (κ1) is 13.4. The number of nitrogens with two attached hydrogens (primary N) is 1. The summed E-state index contributed by atoms with van der Waals surface area (Å²) in [6.07, 6.45) is 2.65. The van der Waals surface area contributed by atoms with E-state index in [0.29, 0.717) is 10.2 Å². The van der Waals surface area contributed by atoms with Crippen molar-refractivity contribution in [2.75, 3.05) is 12.3 Å². The average molecular weight is 229 g/mol. The van der Waals surface area contributed by atoms with Gasteiger partial charge in [-0.2, -0.15) is 11.8 Å². The summed E-state index contributed by atoms with van der Waals surface area (Å²) < 4.78 is 0.419. The van der Waals surface area contributed by atoms with Crippen molar-refractivity contribution in [1.29, 1.82) is 0 Å². The van der Waals surface area contributed by atoms with E-state index in [2.05, 4.69) is 46.4 Å². The lowest BCUT2D eigenvalue weighted by molar-refractivity contribution is 0.102. The summed E-state index contributed by atoms with van der Waals surface area (Å²) in [6.45, 7) is 12.5. The fraction of sp³-hybridized carbons (Fsp3) is 1.00. The van der Waals surface area contributed by atoms with Crippen molar-refractivity contribution in [3.8, 4) is 0 Å². The van der Waals surface area contributed by atoms with Gasteiger partial charge in [-0.3, -0.25) is 0 Å². The average Bonchev–Trinajstić information content (AvgIpc) is 2.00. The molecule has 0 atom stereocenters. The maximum Gasteiger partial charge on any atom is 0.0288 e. The van der Waals surface area contributed by atoms with Gasteiger partial charge in [-0.1, -0.05) is 34.6 Å². The Balaban J connectivity index is 2.41. The second kappa shape index (κ2) is 4.67. The Morgan fingerprint density at radius 1 is 1.33 bits per heavy atom. The van der Waals surface area contributed by atoms with Gasteiger partial charge in [0.05, 0.1) is 0 Å². The standard InChI is InChI=1S/C13H27NS/c1-10(2)8-15-13(9-14)6-11(7-13)12(3,4)5/h10-11H,6-9,14H2,1-5H3. The van der Waals surface area contributed by atoms with Crippen molar-refractivity contribution in [2.45, 2.75) is 52.2 Å². The zero-order chi connectivity index (χ0) is 11.7. The van der Waals surface area contributed by atoms with Gasteiger partial charge in [0.1, 0.15) is 0 Å². The van der Waals surface area contributed by atoms with E-state index in [4.69, 9.17) is 5.73 Å². The fourth-order valence-electron chi connectivity index (χ4n) is 2.14. The van der Waals surface area contributed by atoms with Gasteiger partial charge in [0, 0.05) is 11.3 Å². The van der Waals surface area contributed by atoms with Gasteiger partial charge in [-0.25, -0.2) is 0 Å². The molecule has 0 unspecified atom stereocenters. The molecule has 0 heterocycles. The fourth-order valence-corrected chi connectivity index (χ4v) is 3.58. The van der Waals surface area contributed by atoms with E-state index in [9.17, 15) is 0 Å². The van der Waals surface area contributed by atoms with Crippen LogP contribution in [-0.2, 0) is 0 Å². The topological polar surface area (TPSA) is 26.0 Å². The highest BCUT2D eigenvalue weighted by atomic mass is 32.2. The molecule has 1 saturated carbocycles. The molecule has 1 aliphatic rings. The van der Waals surface area contributed by atoms with Crippen LogP contribution in [0.2, 0.25) is 0 Å². The van der Waals surface area contributed by atoms with Crippen LogP contribution in [0.15, 0.2) is 0 Å². The molecule has 0 aromatic carbocycles. The van der Waals surface area contributed by atoms with Crippen molar-refractivity contribution in [3.63, 3.8) is 0 Å². The van der Waals surface area contributed by atoms with Crippen molar-refractivity contribution < 1.29 is 0 Å². The third-order valence-corrected chi connectivity index (χ3v) is 5.50. The van der Waals surface area contributed by atoms with Crippen LogP contribution in [0.4, 0.5) is 0 Å². The van der Waals surface area contributed by atoms with E-state index in [-0.39, 0.29) is 0 Å². The van der Waals surface area contributed by atoms with Crippen LogP contribution in [0, 0.1) is 17.3 Å². The van der Waals surface area contributed by atoms with Gasteiger partial charge in [0.15, 0.2) is 0 Å². The molecule has 0 saturated heterocycles. The van der Waals surface area contributed by atoms with Gasteiger partial charge >= 0.3 is 0 Å². The van der Waals surface area contributed by atoms with E-state index < -0.39 is 0 Å². The molecule has 1 nitrogen and oxygen atoms in total. The van der Waals surface area contributed by atoms with E-state index in [1.54, 1.807) is 0 Å². The van der Waals surface area contributed by atoms with Crippen LogP contribution in [0.25, 0.3) is 0 Å². The monoisotopic (exact) mass is 229 g/mol. The van der Waals surface area contributed by atoms with E-state index >= 15 is 0 Å². The highest BCUT2D eigenvalue weighted by Crippen LogP contribution is 2.54. The third-order valence-electron chi connectivity index (χ3n) is 3.56. The van der Waals surface area contributed by atoms with Gasteiger partial charge < -0.3 is 5.73 Å². The molecule has 0 bridgehead atoms. The molecular formula is C13H27NS. The lowest BCUT2D eigenvalue weighted by Crippen LogP contribution is -2.51. The van der Waals surface area contributed by atoms with Gasteiger partial charge in [-0.05, 0) is 35.8 Å². The van der Waals surface area contributed by atoms with Crippen LogP contribution >= 0.6 is 11.8 Å². The minimum absolute atomic E-state index is 0.419. The predicted molar refractivity (Wildman–Crippen MR) is 71.3 cm³/mol. The summed E-state index contributed by atoms with van der Waals surface area (Å²) in [5.74, 6) is 2.92. The smallest absolute Gasteiger partial charge is 0.0288 e. The highest BCUT2D eigenvalue weighted by Gasteiger charge is 2.47. The molecule has 0 aromatic heterocycles. The maximum absolute atomic E-state index is 5.94. The predicted octanol–water partition coefficient (Wildman–Crippen LogP) is 3.53. The molecule has 90 valence electrons. The zero-order valence-electron chi connectivity index (χ0n) is 11.0. The molecule has 1 rings (SSSR count). The quantitative estimate of drug-likeness (QED) is 0.798. The Hall–Kier alpha value is 0.310. The molecule has 1 aliphatic carbocycles. The highest BCUT2D eigenvalue weighted by molar-refractivity contribution is 8.00. The molecule has 2 N–H and O–H groups in total. The third kappa shape index (κ3) is 3.39. The molecule has 1 fully saturated rings. The van der Waals surface area contributed by atoms with Crippen LogP contribution in [0.5, 0.6) is 0 Å². The van der Waals surface area contributed by atoms with Gasteiger partial charge in [0.25, 0.3) is 0 Å². The summed E-state index contributed by atoms with van der Waals surface area (Å²) in [6, 6.07) is 0. The first-order valence-corrected chi connectivity index (χ1v) is 7.12. The number of hydrogen-bond donors (Lipinski definition) is 1. The van der Waals surface area contributed by atoms with Crippen LogP contribution in [0.3, 0.4) is 0 Å². The summed E-state index contributed by atoms with van der Waals surface area (Å²) in [7, 11) is 0. The molecule has 0 radical (unpaired) electrons. The minimum atomic E-state index is 0.419. The van der Waals surface area contributed by atoms with Crippen molar-refractivity contribution >= 4 is 11.8 Å². The van der Waals surface area contributed by atoms with E-state index in [1.165, 1.54) is 18.6 Å². The first-order chi connectivity index (χ1) is 6.79. The normalized spacial score (nSPS) is 31.8. The van der Waals surface area contributed by atoms with Gasteiger partial charge in [0.2, 0.25) is 0 Å². The van der Waals surface area contributed by atoms with Crippen LogP contribution in [-0.4, -0.2) is 17.0 Å².